The molecule has 0 radical (unpaired) electrons. The zero-order chi connectivity index (χ0) is 19.6. The van der Waals surface area contributed by atoms with Crippen LogP contribution < -0.4 is 10.6 Å². The van der Waals surface area contributed by atoms with Gasteiger partial charge in [0.05, 0.1) is 12.8 Å². The number of guanidine groups is 1. The first kappa shape index (κ1) is 23.3. The Labute approximate surface area is 190 Å². The van der Waals surface area contributed by atoms with Crippen molar-refractivity contribution in [2.75, 3.05) is 26.2 Å². The molecule has 1 aromatic carbocycles. The van der Waals surface area contributed by atoms with E-state index in [0.29, 0.717) is 18.4 Å². The standard InChI is InChI=1S/C22H30N4O2.HI/c1-2-23-22(24-16-20-9-6-14-28-20)25-17-21(27)26-12-10-19(11-13-26)15-18-7-4-3-5-8-18;/h3-9,14,19H,2,10-13,15-17H2,1H3,(H2,23,24,25);1H. The number of hydrogen-bond acceptors (Lipinski definition) is 3. The second-order valence-corrected chi connectivity index (χ2v) is 7.14. The molecule has 1 fully saturated rings. The van der Waals surface area contributed by atoms with E-state index < -0.39 is 0 Å². The van der Waals surface area contributed by atoms with Crippen molar-refractivity contribution in [1.82, 2.24) is 15.5 Å². The minimum Gasteiger partial charge on any atom is -0.467 e. The Bertz CT molecular complexity index is 741. The third kappa shape index (κ3) is 7.72. The molecule has 2 aromatic rings. The third-order valence-electron chi connectivity index (χ3n) is 5.06. The zero-order valence-electron chi connectivity index (χ0n) is 17.0. The number of benzene rings is 1. The molecule has 0 aliphatic carbocycles. The van der Waals surface area contributed by atoms with E-state index in [2.05, 4.69) is 46.0 Å². The highest BCUT2D eigenvalue weighted by molar-refractivity contribution is 14.0. The molecule has 1 aliphatic rings. The number of carbonyl (C=O) groups is 1. The van der Waals surface area contributed by atoms with Crippen LogP contribution in [0.1, 0.15) is 31.1 Å². The van der Waals surface area contributed by atoms with Crippen LogP contribution in [-0.2, 0) is 17.8 Å². The lowest BCUT2D eigenvalue weighted by Gasteiger charge is -2.31. The van der Waals surface area contributed by atoms with E-state index in [0.717, 1.165) is 44.7 Å². The van der Waals surface area contributed by atoms with E-state index in [1.54, 1.807) is 6.26 Å². The summed E-state index contributed by atoms with van der Waals surface area (Å²) in [7, 11) is 0. The van der Waals surface area contributed by atoms with E-state index in [1.165, 1.54) is 5.56 Å². The van der Waals surface area contributed by atoms with Crippen LogP contribution in [0.3, 0.4) is 0 Å². The summed E-state index contributed by atoms with van der Waals surface area (Å²) in [5.74, 6) is 2.21. The average Bonchev–Trinajstić information content (AvgIpc) is 3.25. The molecule has 1 amide bonds. The first-order valence-electron chi connectivity index (χ1n) is 10.1. The molecule has 2 N–H and O–H groups in total. The summed E-state index contributed by atoms with van der Waals surface area (Å²) in [4.78, 5) is 18.9. The predicted octanol–water partition coefficient (Wildman–Crippen LogP) is 3.43. The largest absolute Gasteiger partial charge is 0.467 e. The Kier molecular flexibility index (Phi) is 10.0. The van der Waals surface area contributed by atoms with Gasteiger partial charge in [0.15, 0.2) is 5.96 Å². The van der Waals surface area contributed by atoms with Crippen LogP contribution in [0.2, 0.25) is 0 Å². The molecule has 158 valence electrons. The summed E-state index contributed by atoms with van der Waals surface area (Å²) >= 11 is 0. The van der Waals surface area contributed by atoms with Gasteiger partial charge in [-0.25, -0.2) is 4.99 Å². The molecule has 0 unspecified atom stereocenters. The van der Waals surface area contributed by atoms with Gasteiger partial charge in [-0.2, -0.15) is 0 Å². The molecule has 29 heavy (non-hydrogen) atoms. The first-order valence-corrected chi connectivity index (χ1v) is 10.1. The van der Waals surface area contributed by atoms with Gasteiger partial charge in [0, 0.05) is 19.6 Å². The normalized spacial score (nSPS) is 14.9. The van der Waals surface area contributed by atoms with Gasteiger partial charge < -0.3 is 20.0 Å². The monoisotopic (exact) mass is 510 g/mol. The van der Waals surface area contributed by atoms with Gasteiger partial charge in [0.25, 0.3) is 0 Å². The quantitative estimate of drug-likeness (QED) is 0.340. The summed E-state index contributed by atoms with van der Waals surface area (Å²) in [6.07, 6.45) is 4.86. The number of piperidine rings is 1. The minimum absolute atomic E-state index is 0. The van der Waals surface area contributed by atoms with Crippen LogP contribution in [0.15, 0.2) is 58.1 Å². The van der Waals surface area contributed by atoms with Gasteiger partial charge in [-0.15, -0.1) is 24.0 Å². The van der Waals surface area contributed by atoms with Crippen molar-refractivity contribution in [3.05, 3.63) is 60.1 Å². The smallest absolute Gasteiger partial charge is 0.244 e. The molecule has 1 aliphatic heterocycles. The number of aliphatic imine (C=N–C) groups is 1. The number of nitrogens with zero attached hydrogens (tertiary/aromatic N) is 2. The first-order chi connectivity index (χ1) is 13.7. The molecular weight excluding hydrogens is 479 g/mol. The maximum absolute atomic E-state index is 12.5. The molecule has 0 atom stereocenters. The Morgan fingerprint density at radius 2 is 1.90 bits per heavy atom. The van der Waals surface area contributed by atoms with Gasteiger partial charge in [-0.3, -0.25) is 4.79 Å². The molecule has 0 bridgehead atoms. The van der Waals surface area contributed by atoms with E-state index in [1.807, 2.05) is 24.0 Å². The molecule has 7 heteroatoms. The highest BCUT2D eigenvalue weighted by Crippen LogP contribution is 2.21. The Morgan fingerprint density at radius 1 is 1.14 bits per heavy atom. The number of likely N-dealkylation sites (tertiary alicyclic amines) is 1. The van der Waals surface area contributed by atoms with Crippen LogP contribution >= 0.6 is 24.0 Å². The third-order valence-corrected chi connectivity index (χ3v) is 5.06. The fourth-order valence-corrected chi connectivity index (χ4v) is 3.51. The lowest BCUT2D eigenvalue weighted by Crippen LogP contribution is -2.41. The van der Waals surface area contributed by atoms with Crippen molar-refractivity contribution >= 4 is 35.8 Å². The molecule has 1 saturated heterocycles. The molecule has 3 rings (SSSR count). The zero-order valence-corrected chi connectivity index (χ0v) is 19.3. The van der Waals surface area contributed by atoms with E-state index in [-0.39, 0.29) is 36.4 Å². The van der Waals surface area contributed by atoms with Crippen LogP contribution in [-0.4, -0.2) is 42.9 Å². The van der Waals surface area contributed by atoms with Gasteiger partial charge in [0.2, 0.25) is 5.91 Å². The fourth-order valence-electron chi connectivity index (χ4n) is 3.51. The number of halogens is 1. The van der Waals surface area contributed by atoms with Crippen LogP contribution in [0.25, 0.3) is 0 Å². The summed E-state index contributed by atoms with van der Waals surface area (Å²) < 4.78 is 5.31. The van der Waals surface area contributed by atoms with Crippen LogP contribution in [0.5, 0.6) is 0 Å². The number of furan rings is 1. The lowest BCUT2D eigenvalue weighted by atomic mass is 9.90. The van der Waals surface area contributed by atoms with E-state index in [4.69, 9.17) is 4.42 Å². The van der Waals surface area contributed by atoms with Crippen molar-refractivity contribution < 1.29 is 9.21 Å². The predicted molar refractivity (Wildman–Crippen MR) is 126 cm³/mol. The van der Waals surface area contributed by atoms with Gasteiger partial charge in [-0.05, 0) is 49.8 Å². The lowest BCUT2D eigenvalue weighted by molar-refractivity contribution is -0.130. The summed E-state index contributed by atoms with van der Waals surface area (Å²) in [5.41, 5.74) is 1.38. The molecule has 0 saturated carbocycles. The number of nitrogens with one attached hydrogen (secondary N) is 2. The van der Waals surface area contributed by atoms with Gasteiger partial charge in [-0.1, -0.05) is 30.3 Å². The SMILES string of the molecule is CCNC(=NCC(=O)N1CCC(Cc2ccccc2)CC1)NCc1ccco1.I. The summed E-state index contributed by atoms with van der Waals surface area (Å²) in [6, 6.07) is 14.4. The van der Waals surface area contributed by atoms with Crippen molar-refractivity contribution in [3.8, 4) is 0 Å². The number of amides is 1. The van der Waals surface area contributed by atoms with Crippen LogP contribution in [0, 0.1) is 5.92 Å². The number of carbonyl (C=O) groups excluding carboxylic acids is 1. The summed E-state index contributed by atoms with van der Waals surface area (Å²) in [6.45, 7) is 5.09. The van der Waals surface area contributed by atoms with Gasteiger partial charge >= 0.3 is 0 Å². The number of rotatable bonds is 7. The fraction of sp³-hybridized carbons (Fsp3) is 0.455. The van der Waals surface area contributed by atoms with Crippen molar-refractivity contribution in [2.24, 2.45) is 10.9 Å². The van der Waals surface area contributed by atoms with E-state index in [9.17, 15) is 4.79 Å². The molecular formula is C22H31IN4O2. The van der Waals surface area contributed by atoms with E-state index >= 15 is 0 Å². The van der Waals surface area contributed by atoms with Crippen molar-refractivity contribution in [2.45, 2.75) is 32.7 Å². The topological polar surface area (TPSA) is 69.9 Å². The molecule has 2 heterocycles. The highest BCUT2D eigenvalue weighted by atomic mass is 127. The number of hydrogen-bond donors (Lipinski definition) is 2. The average molecular weight is 510 g/mol. The second-order valence-electron chi connectivity index (χ2n) is 7.14. The van der Waals surface area contributed by atoms with Gasteiger partial charge in [0.1, 0.15) is 12.3 Å². The molecule has 0 spiro atoms. The van der Waals surface area contributed by atoms with Crippen LogP contribution in [0.4, 0.5) is 0 Å². The maximum atomic E-state index is 12.5. The summed E-state index contributed by atoms with van der Waals surface area (Å²) in [5, 5.41) is 6.35. The Balaban J connectivity index is 0.00000300. The minimum atomic E-state index is 0. The Morgan fingerprint density at radius 3 is 2.55 bits per heavy atom. The van der Waals surface area contributed by atoms with Crippen molar-refractivity contribution in [1.29, 1.82) is 0 Å². The molecule has 6 nitrogen and oxygen atoms in total. The molecule has 1 aromatic heterocycles. The van der Waals surface area contributed by atoms with Crippen molar-refractivity contribution in [3.63, 3.8) is 0 Å². The maximum Gasteiger partial charge on any atom is 0.244 e. The highest BCUT2D eigenvalue weighted by Gasteiger charge is 2.22. The Hall–Kier alpha value is -2.03. The second kappa shape index (κ2) is 12.5.